The summed E-state index contributed by atoms with van der Waals surface area (Å²) in [6.07, 6.45) is 1.74. The van der Waals surface area contributed by atoms with Crippen molar-refractivity contribution in [1.29, 1.82) is 0 Å². The highest BCUT2D eigenvalue weighted by Gasteiger charge is 2.28. The molecule has 6 heteroatoms. The van der Waals surface area contributed by atoms with Crippen molar-refractivity contribution in [3.8, 4) is 0 Å². The monoisotopic (exact) mass is 369 g/mol. The van der Waals surface area contributed by atoms with E-state index in [1.807, 2.05) is 24.3 Å². The minimum absolute atomic E-state index is 0.196. The summed E-state index contributed by atoms with van der Waals surface area (Å²) in [5.74, 6) is -0.453. The lowest BCUT2D eigenvalue weighted by Gasteiger charge is -2.14. The molecule has 0 radical (unpaired) electrons. The number of fused-ring (bicyclic) bond motifs is 1. The molecule has 1 aromatic heterocycles. The predicted octanol–water partition coefficient (Wildman–Crippen LogP) is 2.01. The van der Waals surface area contributed by atoms with Gasteiger partial charge in [0, 0.05) is 11.8 Å². The van der Waals surface area contributed by atoms with Crippen molar-refractivity contribution < 1.29 is 9.59 Å². The molecule has 1 N–H and O–H groups in total. The Labute approximate surface area is 123 Å². The molecular formula is C13H12IN3O2. The Morgan fingerprint density at radius 2 is 2.11 bits per heavy atom. The lowest BCUT2D eigenvalue weighted by Crippen LogP contribution is -2.34. The van der Waals surface area contributed by atoms with E-state index in [4.69, 9.17) is 0 Å². The second-order valence-electron chi connectivity index (χ2n) is 4.57. The van der Waals surface area contributed by atoms with Gasteiger partial charge >= 0.3 is 0 Å². The predicted molar refractivity (Wildman–Crippen MR) is 78.5 cm³/mol. The number of aromatic nitrogens is 2. The molecule has 1 aliphatic rings. The van der Waals surface area contributed by atoms with Crippen molar-refractivity contribution in [1.82, 2.24) is 15.1 Å². The van der Waals surface area contributed by atoms with Gasteiger partial charge in [-0.05, 0) is 41.5 Å². The van der Waals surface area contributed by atoms with Crippen LogP contribution < -0.4 is 5.32 Å². The summed E-state index contributed by atoms with van der Waals surface area (Å²) in [5.41, 5.74) is 0.932. The largest absolute Gasteiger partial charge is 0.295 e. The van der Waals surface area contributed by atoms with Gasteiger partial charge in [-0.2, -0.15) is 5.10 Å². The highest BCUT2D eigenvalue weighted by Crippen LogP contribution is 2.26. The fourth-order valence-electron chi connectivity index (χ4n) is 2.39. The van der Waals surface area contributed by atoms with Gasteiger partial charge in [0.2, 0.25) is 5.91 Å². The van der Waals surface area contributed by atoms with Crippen molar-refractivity contribution in [2.45, 2.75) is 25.3 Å². The van der Waals surface area contributed by atoms with Gasteiger partial charge in [0.05, 0.1) is 5.52 Å². The number of hydrogen-bond donors (Lipinski definition) is 1. The Kier molecular flexibility index (Phi) is 3.26. The van der Waals surface area contributed by atoms with E-state index in [0.717, 1.165) is 14.6 Å². The molecule has 19 heavy (non-hydrogen) atoms. The van der Waals surface area contributed by atoms with Crippen LogP contribution in [-0.2, 0) is 9.59 Å². The molecule has 1 saturated heterocycles. The number of nitrogens with one attached hydrogen (secondary N) is 1. The average molecular weight is 369 g/mol. The summed E-state index contributed by atoms with van der Waals surface area (Å²) in [4.78, 5) is 23.5. The van der Waals surface area contributed by atoms with Gasteiger partial charge in [-0.3, -0.25) is 19.6 Å². The smallest absolute Gasteiger partial charge is 0.251 e. The van der Waals surface area contributed by atoms with E-state index in [9.17, 15) is 9.59 Å². The van der Waals surface area contributed by atoms with Crippen LogP contribution in [0.1, 0.15) is 25.3 Å². The van der Waals surface area contributed by atoms with Crippen LogP contribution in [0.15, 0.2) is 24.3 Å². The molecule has 0 saturated carbocycles. The van der Waals surface area contributed by atoms with Gasteiger partial charge in [0.1, 0.15) is 9.74 Å². The van der Waals surface area contributed by atoms with E-state index in [2.05, 4.69) is 33.0 Å². The standard InChI is InChI=1S/C13H12IN3O2/c14-12-8-4-1-2-5-9(8)17(16-12)10-6-3-7-11(18)15-13(10)19/h1-2,4-5,10H,3,6-7H2,(H,15,18,19). The first-order chi connectivity index (χ1) is 9.16. The molecule has 3 rings (SSSR count). The first-order valence-corrected chi connectivity index (χ1v) is 7.21. The van der Waals surface area contributed by atoms with Gasteiger partial charge in [-0.25, -0.2) is 0 Å². The molecule has 5 nitrogen and oxygen atoms in total. The SMILES string of the molecule is O=C1CCCC(n2nc(I)c3ccccc32)C(=O)N1. The van der Waals surface area contributed by atoms with Gasteiger partial charge in [0.25, 0.3) is 5.91 Å². The summed E-state index contributed by atoms with van der Waals surface area (Å²) in [6.45, 7) is 0. The quantitative estimate of drug-likeness (QED) is 0.618. The third-order valence-corrected chi connectivity index (χ3v) is 4.11. The van der Waals surface area contributed by atoms with Crippen LogP contribution in [0.4, 0.5) is 0 Å². The summed E-state index contributed by atoms with van der Waals surface area (Å²) < 4.78 is 2.61. The zero-order chi connectivity index (χ0) is 13.4. The molecule has 2 heterocycles. The maximum atomic E-state index is 12.1. The Balaban J connectivity index is 2.08. The van der Waals surface area contributed by atoms with E-state index in [0.29, 0.717) is 19.3 Å². The topological polar surface area (TPSA) is 64.0 Å². The number of nitrogens with zero attached hydrogens (tertiary/aromatic N) is 2. The van der Waals surface area contributed by atoms with Crippen LogP contribution >= 0.6 is 22.6 Å². The molecule has 0 aliphatic carbocycles. The normalized spacial score (nSPS) is 20.4. The number of rotatable bonds is 1. The van der Waals surface area contributed by atoms with Crippen molar-refractivity contribution in [3.63, 3.8) is 0 Å². The number of halogens is 1. The van der Waals surface area contributed by atoms with Crippen LogP contribution in [0.5, 0.6) is 0 Å². The van der Waals surface area contributed by atoms with E-state index >= 15 is 0 Å². The summed E-state index contributed by atoms with van der Waals surface area (Å²) in [7, 11) is 0. The average Bonchev–Trinajstić information content (AvgIpc) is 2.62. The van der Waals surface area contributed by atoms with Crippen molar-refractivity contribution >= 4 is 45.3 Å². The fourth-order valence-corrected chi connectivity index (χ4v) is 3.08. The highest BCUT2D eigenvalue weighted by atomic mass is 127. The third-order valence-electron chi connectivity index (χ3n) is 3.31. The lowest BCUT2D eigenvalue weighted by molar-refractivity contribution is -0.131. The molecule has 0 spiro atoms. The molecular weight excluding hydrogens is 357 g/mol. The van der Waals surface area contributed by atoms with Crippen LogP contribution in [0.3, 0.4) is 0 Å². The molecule has 1 atom stereocenters. The number of benzene rings is 1. The number of carbonyl (C=O) groups is 2. The maximum absolute atomic E-state index is 12.1. The first kappa shape index (κ1) is 12.6. The molecule has 1 aliphatic heterocycles. The van der Waals surface area contributed by atoms with Crippen LogP contribution in [0.25, 0.3) is 10.9 Å². The Hall–Kier alpha value is -1.44. The third kappa shape index (κ3) is 2.24. The minimum atomic E-state index is -0.403. The summed E-state index contributed by atoms with van der Waals surface area (Å²) in [5, 5.41) is 7.92. The van der Waals surface area contributed by atoms with Crippen molar-refractivity contribution in [3.05, 3.63) is 28.0 Å². The molecule has 1 fully saturated rings. The van der Waals surface area contributed by atoms with Gasteiger partial charge in [0.15, 0.2) is 0 Å². The maximum Gasteiger partial charge on any atom is 0.251 e. The number of para-hydroxylation sites is 1. The Bertz CT molecular complexity index is 665. The highest BCUT2D eigenvalue weighted by molar-refractivity contribution is 14.1. The van der Waals surface area contributed by atoms with Crippen molar-refractivity contribution in [2.24, 2.45) is 0 Å². The Morgan fingerprint density at radius 3 is 2.95 bits per heavy atom. The van der Waals surface area contributed by atoms with E-state index < -0.39 is 6.04 Å². The number of amides is 2. The summed E-state index contributed by atoms with van der Waals surface area (Å²) in [6, 6.07) is 7.41. The molecule has 2 amide bonds. The lowest BCUT2D eigenvalue weighted by atomic mass is 10.1. The second-order valence-corrected chi connectivity index (χ2v) is 5.59. The molecule has 98 valence electrons. The molecule has 2 aromatic rings. The number of hydrogen-bond acceptors (Lipinski definition) is 3. The van der Waals surface area contributed by atoms with Crippen LogP contribution in [0, 0.1) is 3.70 Å². The fraction of sp³-hybridized carbons (Fsp3) is 0.308. The molecule has 1 aromatic carbocycles. The zero-order valence-electron chi connectivity index (χ0n) is 10.1. The van der Waals surface area contributed by atoms with E-state index in [1.165, 1.54) is 0 Å². The van der Waals surface area contributed by atoms with Gasteiger partial charge in [-0.1, -0.05) is 18.2 Å². The minimum Gasteiger partial charge on any atom is -0.295 e. The summed E-state index contributed by atoms with van der Waals surface area (Å²) >= 11 is 2.17. The number of carbonyl (C=O) groups excluding carboxylic acids is 2. The van der Waals surface area contributed by atoms with Crippen molar-refractivity contribution in [2.75, 3.05) is 0 Å². The first-order valence-electron chi connectivity index (χ1n) is 6.13. The second kappa shape index (κ2) is 4.92. The zero-order valence-corrected chi connectivity index (χ0v) is 12.3. The Morgan fingerprint density at radius 1 is 1.32 bits per heavy atom. The van der Waals surface area contributed by atoms with E-state index in [1.54, 1.807) is 4.68 Å². The number of imide groups is 1. The molecule has 1 unspecified atom stereocenters. The van der Waals surface area contributed by atoms with Crippen LogP contribution in [0.2, 0.25) is 0 Å². The molecule has 0 bridgehead atoms. The van der Waals surface area contributed by atoms with E-state index in [-0.39, 0.29) is 11.8 Å². The van der Waals surface area contributed by atoms with Crippen LogP contribution in [-0.4, -0.2) is 21.6 Å². The van der Waals surface area contributed by atoms with Gasteiger partial charge in [-0.15, -0.1) is 0 Å². The van der Waals surface area contributed by atoms with Gasteiger partial charge < -0.3 is 0 Å².